The van der Waals surface area contributed by atoms with E-state index in [1.165, 1.54) is 0 Å². The fourth-order valence-corrected chi connectivity index (χ4v) is 1.88. The predicted molar refractivity (Wildman–Crippen MR) is 55.5 cm³/mol. The molecule has 1 aliphatic heterocycles. The third-order valence-corrected chi connectivity index (χ3v) is 2.77. The van der Waals surface area contributed by atoms with E-state index in [9.17, 15) is 10.2 Å². The molecule has 0 bridgehead atoms. The second kappa shape index (κ2) is 5.47. The molecule has 1 rings (SSSR count). The van der Waals surface area contributed by atoms with E-state index in [2.05, 4.69) is 10.0 Å². The van der Waals surface area contributed by atoms with Crippen molar-refractivity contribution in [3.8, 4) is 0 Å². The van der Waals surface area contributed by atoms with Gasteiger partial charge in [0.2, 0.25) is 0 Å². The fourth-order valence-electron chi connectivity index (χ4n) is 1.88. The van der Waals surface area contributed by atoms with Gasteiger partial charge in [0.05, 0.1) is 31.0 Å². The molecule has 7 heteroatoms. The van der Waals surface area contributed by atoms with Crippen LogP contribution in [0.3, 0.4) is 0 Å². The maximum Gasteiger partial charge on any atom is 0.107 e. The zero-order valence-corrected chi connectivity index (χ0v) is 9.26. The Balaban J connectivity index is 2.89. The Morgan fingerprint density at radius 2 is 2.00 bits per heavy atom. The predicted octanol–water partition coefficient (Wildman–Crippen LogP) is -0.197. The molecule has 1 heterocycles. The zero-order valence-electron chi connectivity index (χ0n) is 9.26. The average Bonchev–Trinajstić information content (AvgIpc) is 2.25. The van der Waals surface area contributed by atoms with Crippen molar-refractivity contribution in [2.45, 2.75) is 44.3 Å². The summed E-state index contributed by atoms with van der Waals surface area (Å²) in [5.74, 6) is -0.00860. The van der Waals surface area contributed by atoms with E-state index in [1.54, 1.807) is 0 Å². The monoisotopic (exact) mass is 231 g/mol. The van der Waals surface area contributed by atoms with Crippen LogP contribution in [0.25, 0.3) is 10.4 Å². The largest absolute Gasteiger partial charge is 0.394 e. The quantitative estimate of drug-likeness (QED) is 0.354. The smallest absolute Gasteiger partial charge is 0.107 e. The van der Waals surface area contributed by atoms with E-state index in [4.69, 9.17) is 15.4 Å². The number of rotatable bonds is 3. The Labute approximate surface area is 93.3 Å². The van der Waals surface area contributed by atoms with Gasteiger partial charge in [-0.05, 0) is 11.4 Å². The first-order valence-electron chi connectivity index (χ1n) is 5.19. The van der Waals surface area contributed by atoms with Crippen molar-refractivity contribution in [3.63, 3.8) is 0 Å². The minimum Gasteiger partial charge on any atom is -0.394 e. The summed E-state index contributed by atoms with van der Waals surface area (Å²) in [6.07, 6.45) is -3.67. The van der Waals surface area contributed by atoms with Gasteiger partial charge in [-0.2, -0.15) is 0 Å². The third kappa shape index (κ3) is 2.45. The number of hydrogen-bond donors (Lipinski definition) is 3. The first-order valence-corrected chi connectivity index (χ1v) is 5.19. The van der Waals surface area contributed by atoms with E-state index >= 15 is 0 Å². The summed E-state index contributed by atoms with van der Waals surface area (Å²) < 4.78 is 5.42. The summed E-state index contributed by atoms with van der Waals surface area (Å²) in [5.41, 5.74) is 8.34. The molecule has 0 aromatic heterocycles. The molecule has 92 valence electrons. The molecule has 0 amide bonds. The van der Waals surface area contributed by atoms with Gasteiger partial charge < -0.3 is 20.1 Å². The Hall–Kier alpha value is -0.850. The maximum absolute atomic E-state index is 9.78. The summed E-state index contributed by atoms with van der Waals surface area (Å²) in [6, 6.07) is -0.958. The van der Waals surface area contributed by atoms with Gasteiger partial charge >= 0.3 is 0 Å². The Morgan fingerprint density at radius 3 is 2.44 bits per heavy atom. The number of aliphatic hydroxyl groups is 3. The third-order valence-electron chi connectivity index (χ3n) is 2.77. The summed E-state index contributed by atoms with van der Waals surface area (Å²) >= 11 is 0. The topological polar surface area (TPSA) is 119 Å². The van der Waals surface area contributed by atoms with Crippen LogP contribution in [-0.2, 0) is 4.74 Å². The lowest BCUT2D eigenvalue weighted by Crippen LogP contribution is -2.59. The number of nitrogens with zero attached hydrogens (tertiary/aromatic N) is 3. The second-order valence-corrected chi connectivity index (χ2v) is 4.24. The Morgan fingerprint density at radius 1 is 1.38 bits per heavy atom. The molecule has 16 heavy (non-hydrogen) atoms. The van der Waals surface area contributed by atoms with Crippen LogP contribution in [0.5, 0.6) is 0 Å². The van der Waals surface area contributed by atoms with E-state index < -0.39 is 30.5 Å². The highest BCUT2D eigenvalue weighted by atomic mass is 16.5. The highest BCUT2D eigenvalue weighted by Gasteiger charge is 2.44. The Kier molecular flexibility index (Phi) is 4.52. The van der Waals surface area contributed by atoms with Gasteiger partial charge in [-0.1, -0.05) is 19.0 Å². The Bertz CT molecular complexity index is 278. The summed E-state index contributed by atoms with van der Waals surface area (Å²) in [6.45, 7) is 3.31. The van der Waals surface area contributed by atoms with Crippen molar-refractivity contribution in [3.05, 3.63) is 10.4 Å². The first kappa shape index (κ1) is 13.2. The lowest BCUT2D eigenvalue weighted by atomic mass is 9.88. The van der Waals surface area contributed by atoms with Crippen molar-refractivity contribution in [2.24, 2.45) is 11.0 Å². The minimum absolute atomic E-state index is 0.00860. The van der Waals surface area contributed by atoms with Gasteiger partial charge in [0.1, 0.15) is 6.10 Å². The summed E-state index contributed by atoms with van der Waals surface area (Å²) in [4.78, 5) is 2.58. The SMILES string of the molecule is CC(C)[C@@H]1OC(CO)[C@@H](N=[N+]=[N-])[C@H](O)C1O. The highest BCUT2D eigenvalue weighted by Crippen LogP contribution is 2.27. The van der Waals surface area contributed by atoms with Crippen LogP contribution in [0.2, 0.25) is 0 Å². The average molecular weight is 231 g/mol. The van der Waals surface area contributed by atoms with Crippen LogP contribution in [0.1, 0.15) is 13.8 Å². The van der Waals surface area contributed by atoms with E-state index in [0.717, 1.165) is 0 Å². The van der Waals surface area contributed by atoms with Gasteiger partial charge in [0, 0.05) is 4.91 Å². The molecule has 5 atom stereocenters. The van der Waals surface area contributed by atoms with E-state index in [-0.39, 0.29) is 12.5 Å². The van der Waals surface area contributed by atoms with Crippen molar-refractivity contribution < 1.29 is 20.1 Å². The van der Waals surface area contributed by atoms with Crippen LogP contribution in [-0.4, -0.2) is 52.4 Å². The number of hydrogen-bond acceptors (Lipinski definition) is 5. The lowest BCUT2D eigenvalue weighted by Gasteiger charge is -2.42. The number of ether oxygens (including phenoxy) is 1. The maximum atomic E-state index is 9.78. The second-order valence-electron chi connectivity index (χ2n) is 4.24. The van der Waals surface area contributed by atoms with E-state index in [1.807, 2.05) is 13.8 Å². The molecular formula is C9H17N3O4. The van der Waals surface area contributed by atoms with Gasteiger partial charge in [-0.15, -0.1) is 0 Å². The molecule has 0 spiro atoms. The fraction of sp³-hybridized carbons (Fsp3) is 1.00. The van der Waals surface area contributed by atoms with Crippen molar-refractivity contribution in [1.29, 1.82) is 0 Å². The highest BCUT2D eigenvalue weighted by molar-refractivity contribution is 4.97. The molecule has 0 aromatic rings. The molecule has 1 aliphatic rings. The van der Waals surface area contributed by atoms with Gasteiger partial charge in [-0.25, -0.2) is 0 Å². The molecule has 0 aromatic carbocycles. The van der Waals surface area contributed by atoms with Gasteiger partial charge in [0.25, 0.3) is 0 Å². The van der Waals surface area contributed by atoms with Gasteiger partial charge in [-0.3, -0.25) is 0 Å². The standard InChI is InChI=1S/C9H17N3O4/c1-4(2)9-8(15)7(14)6(11-12-10)5(3-13)16-9/h4-9,13-15H,3H2,1-2H3/t5?,6-,7+,8?,9+/m1/s1. The normalized spacial score (nSPS) is 39.5. The zero-order chi connectivity index (χ0) is 12.3. The molecule has 3 N–H and O–H groups in total. The molecule has 7 nitrogen and oxygen atoms in total. The van der Waals surface area contributed by atoms with Crippen LogP contribution >= 0.6 is 0 Å². The molecule has 1 fully saturated rings. The summed E-state index contributed by atoms with van der Waals surface area (Å²) in [5, 5.41) is 32.0. The summed E-state index contributed by atoms with van der Waals surface area (Å²) in [7, 11) is 0. The van der Waals surface area contributed by atoms with Crippen LogP contribution in [0, 0.1) is 5.92 Å². The van der Waals surface area contributed by atoms with Crippen LogP contribution in [0.4, 0.5) is 0 Å². The molecule has 1 saturated heterocycles. The molecule has 0 aliphatic carbocycles. The molecule has 0 radical (unpaired) electrons. The first-order chi connectivity index (χ1) is 7.52. The molecule has 2 unspecified atom stereocenters. The number of azide groups is 1. The van der Waals surface area contributed by atoms with Crippen molar-refractivity contribution in [2.75, 3.05) is 6.61 Å². The van der Waals surface area contributed by atoms with Gasteiger partial charge in [0.15, 0.2) is 0 Å². The molecule has 0 saturated carbocycles. The van der Waals surface area contributed by atoms with Crippen LogP contribution < -0.4 is 0 Å². The number of aliphatic hydroxyl groups excluding tert-OH is 3. The van der Waals surface area contributed by atoms with E-state index in [0.29, 0.717) is 0 Å². The van der Waals surface area contributed by atoms with Crippen molar-refractivity contribution >= 4 is 0 Å². The minimum atomic E-state index is -1.21. The van der Waals surface area contributed by atoms with Crippen molar-refractivity contribution in [1.82, 2.24) is 0 Å². The molecular weight excluding hydrogens is 214 g/mol. The lowest BCUT2D eigenvalue weighted by molar-refractivity contribution is -0.198. The van der Waals surface area contributed by atoms with Crippen LogP contribution in [0.15, 0.2) is 5.11 Å².